The van der Waals surface area contributed by atoms with E-state index in [1.807, 2.05) is 0 Å². The van der Waals surface area contributed by atoms with Crippen LogP contribution in [0.4, 0.5) is 10.5 Å². The summed E-state index contributed by atoms with van der Waals surface area (Å²) in [6.45, 7) is 2.74. The van der Waals surface area contributed by atoms with Crippen LogP contribution in [0.2, 0.25) is 0 Å². The van der Waals surface area contributed by atoms with E-state index in [1.54, 1.807) is 24.3 Å². The second-order valence-electron chi connectivity index (χ2n) is 4.59. The van der Waals surface area contributed by atoms with E-state index < -0.39 is 0 Å². The number of phenols is 1. The lowest BCUT2D eigenvalue weighted by Gasteiger charge is -2.22. The van der Waals surface area contributed by atoms with E-state index >= 15 is 0 Å². The zero-order valence-corrected chi connectivity index (χ0v) is 10.3. The first kappa shape index (κ1) is 12.7. The van der Waals surface area contributed by atoms with Gasteiger partial charge in [-0.15, -0.1) is 0 Å². The van der Waals surface area contributed by atoms with Gasteiger partial charge in [0.15, 0.2) is 0 Å². The highest BCUT2D eigenvalue weighted by Crippen LogP contribution is 2.13. The predicted molar refractivity (Wildman–Crippen MR) is 70.7 cm³/mol. The van der Waals surface area contributed by atoms with Crippen molar-refractivity contribution in [3.8, 4) is 5.75 Å². The Labute approximate surface area is 107 Å². The Morgan fingerprint density at radius 2 is 2.17 bits per heavy atom. The molecule has 98 valence electrons. The van der Waals surface area contributed by atoms with E-state index in [-0.39, 0.29) is 11.8 Å². The molecule has 5 heteroatoms. The molecule has 1 aliphatic heterocycles. The molecule has 2 amide bonds. The summed E-state index contributed by atoms with van der Waals surface area (Å²) in [5.74, 6) is 0.707. The molecule has 1 unspecified atom stereocenters. The summed E-state index contributed by atoms with van der Waals surface area (Å²) < 4.78 is 0. The summed E-state index contributed by atoms with van der Waals surface area (Å²) in [7, 11) is 0. The van der Waals surface area contributed by atoms with Crippen LogP contribution in [0.15, 0.2) is 24.3 Å². The van der Waals surface area contributed by atoms with E-state index in [1.165, 1.54) is 6.42 Å². The molecule has 4 N–H and O–H groups in total. The summed E-state index contributed by atoms with van der Waals surface area (Å²) in [5.41, 5.74) is 0.673. The molecule has 1 saturated heterocycles. The van der Waals surface area contributed by atoms with Crippen LogP contribution < -0.4 is 16.0 Å². The topological polar surface area (TPSA) is 73.4 Å². The molecule has 2 rings (SSSR count). The predicted octanol–water partition coefficient (Wildman–Crippen LogP) is 1.51. The molecule has 0 aliphatic carbocycles. The molecule has 1 aromatic rings. The van der Waals surface area contributed by atoms with Crippen molar-refractivity contribution in [1.29, 1.82) is 0 Å². The van der Waals surface area contributed by atoms with Crippen molar-refractivity contribution in [3.05, 3.63) is 24.3 Å². The maximum atomic E-state index is 11.6. The van der Waals surface area contributed by atoms with Gasteiger partial charge in [0.2, 0.25) is 0 Å². The number of phenolic OH excluding ortho intramolecular Hbond substituents is 1. The van der Waals surface area contributed by atoms with Crippen LogP contribution in [0.1, 0.15) is 12.8 Å². The van der Waals surface area contributed by atoms with Crippen LogP contribution in [0.5, 0.6) is 5.75 Å². The van der Waals surface area contributed by atoms with E-state index in [0.717, 1.165) is 19.5 Å². The maximum Gasteiger partial charge on any atom is 0.319 e. The molecular formula is C13H19N3O2. The fourth-order valence-electron chi connectivity index (χ4n) is 2.06. The molecule has 18 heavy (non-hydrogen) atoms. The minimum atomic E-state index is -0.203. The third kappa shape index (κ3) is 3.92. The molecule has 1 atom stereocenters. The Kier molecular flexibility index (Phi) is 4.41. The van der Waals surface area contributed by atoms with Crippen molar-refractivity contribution in [2.45, 2.75) is 12.8 Å². The number of piperidine rings is 1. The fourth-order valence-corrected chi connectivity index (χ4v) is 2.06. The van der Waals surface area contributed by atoms with Crippen LogP contribution in [0, 0.1) is 5.92 Å². The molecule has 5 nitrogen and oxygen atoms in total. The second-order valence-corrected chi connectivity index (χ2v) is 4.59. The standard InChI is InChI=1S/C13H19N3O2/c17-12-5-3-11(4-6-12)16-13(18)15-9-10-2-1-7-14-8-10/h3-6,10,14,17H,1-2,7-9H2,(H2,15,16,18). The van der Waals surface area contributed by atoms with Crippen LogP contribution in [-0.4, -0.2) is 30.8 Å². The van der Waals surface area contributed by atoms with Crippen LogP contribution >= 0.6 is 0 Å². The minimum Gasteiger partial charge on any atom is -0.508 e. The van der Waals surface area contributed by atoms with Crippen LogP contribution in [0.3, 0.4) is 0 Å². The number of benzene rings is 1. The van der Waals surface area contributed by atoms with Gasteiger partial charge in [-0.3, -0.25) is 0 Å². The van der Waals surface area contributed by atoms with Gasteiger partial charge in [-0.2, -0.15) is 0 Å². The largest absolute Gasteiger partial charge is 0.508 e. The number of anilines is 1. The number of carbonyl (C=O) groups is 1. The Morgan fingerprint density at radius 1 is 1.39 bits per heavy atom. The first-order valence-electron chi connectivity index (χ1n) is 6.28. The Hall–Kier alpha value is -1.75. The van der Waals surface area contributed by atoms with Gasteiger partial charge in [-0.25, -0.2) is 4.79 Å². The summed E-state index contributed by atoms with van der Waals surface area (Å²) in [6.07, 6.45) is 2.33. The first-order chi connectivity index (χ1) is 8.74. The number of urea groups is 1. The van der Waals surface area contributed by atoms with Gasteiger partial charge in [0, 0.05) is 12.2 Å². The number of rotatable bonds is 3. The quantitative estimate of drug-likeness (QED) is 0.614. The molecule has 0 saturated carbocycles. The normalized spacial score (nSPS) is 19.2. The Bertz CT molecular complexity index is 386. The van der Waals surface area contributed by atoms with E-state index in [0.29, 0.717) is 18.2 Å². The molecule has 0 spiro atoms. The van der Waals surface area contributed by atoms with E-state index in [2.05, 4.69) is 16.0 Å². The van der Waals surface area contributed by atoms with Gasteiger partial charge >= 0.3 is 6.03 Å². The molecule has 0 aromatic heterocycles. The van der Waals surface area contributed by atoms with Gasteiger partial charge in [0.25, 0.3) is 0 Å². The maximum absolute atomic E-state index is 11.6. The third-order valence-corrected chi connectivity index (χ3v) is 3.08. The average Bonchev–Trinajstić information content (AvgIpc) is 2.40. The lowest BCUT2D eigenvalue weighted by molar-refractivity contribution is 0.248. The molecule has 0 radical (unpaired) electrons. The summed E-state index contributed by atoms with van der Waals surface area (Å²) in [6, 6.07) is 6.21. The van der Waals surface area contributed by atoms with Crippen LogP contribution in [0.25, 0.3) is 0 Å². The minimum absolute atomic E-state index is 0.189. The lowest BCUT2D eigenvalue weighted by atomic mass is 10.00. The van der Waals surface area contributed by atoms with Crippen molar-refractivity contribution in [2.75, 3.05) is 25.0 Å². The van der Waals surface area contributed by atoms with Gasteiger partial charge in [-0.1, -0.05) is 0 Å². The van der Waals surface area contributed by atoms with Crippen molar-refractivity contribution in [2.24, 2.45) is 5.92 Å². The zero-order valence-electron chi connectivity index (χ0n) is 10.3. The summed E-state index contributed by atoms with van der Waals surface area (Å²) in [4.78, 5) is 11.6. The third-order valence-electron chi connectivity index (χ3n) is 3.08. The lowest BCUT2D eigenvalue weighted by Crippen LogP contribution is -2.39. The molecule has 1 aliphatic rings. The molecule has 1 fully saturated rings. The highest BCUT2D eigenvalue weighted by atomic mass is 16.3. The van der Waals surface area contributed by atoms with Crippen molar-refractivity contribution < 1.29 is 9.90 Å². The average molecular weight is 249 g/mol. The van der Waals surface area contributed by atoms with E-state index in [9.17, 15) is 4.79 Å². The van der Waals surface area contributed by atoms with Gasteiger partial charge in [0.05, 0.1) is 0 Å². The number of hydrogen-bond acceptors (Lipinski definition) is 3. The molecule has 1 heterocycles. The smallest absolute Gasteiger partial charge is 0.319 e. The second kappa shape index (κ2) is 6.26. The van der Waals surface area contributed by atoms with Crippen molar-refractivity contribution in [1.82, 2.24) is 10.6 Å². The first-order valence-corrected chi connectivity index (χ1v) is 6.28. The van der Waals surface area contributed by atoms with Gasteiger partial charge in [0.1, 0.15) is 5.75 Å². The van der Waals surface area contributed by atoms with Crippen LogP contribution in [-0.2, 0) is 0 Å². The van der Waals surface area contributed by atoms with Gasteiger partial charge < -0.3 is 21.1 Å². The monoisotopic (exact) mass is 249 g/mol. The zero-order chi connectivity index (χ0) is 12.8. The SMILES string of the molecule is O=C(NCC1CCCNC1)Nc1ccc(O)cc1. The van der Waals surface area contributed by atoms with Gasteiger partial charge in [-0.05, 0) is 56.1 Å². The number of nitrogens with one attached hydrogen (secondary N) is 3. The Morgan fingerprint density at radius 3 is 2.83 bits per heavy atom. The summed E-state index contributed by atoms with van der Waals surface area (Å²) >= 11 is 0. The summed E-state index contributed by atoms with van der Waals surface area (Å²) in [5, 5.41) is 18.0. The molecule has 1 aromatic carbocycles. The van der Waals surface area contributed by atoms with E-state index in [4.69, 9.17) is 5.11 Å². The van der Waals surface area contributed by atoms with Crippen molar-refractivity contribution >= 4 is 11.7 Å². The fraction of sp³-hybridized carbons (Fsp3) is 0.462. The highest BCUT2D eigenvalue weighted by molar-refractivity contribution is 5.89. The molecule has 0 bridgehead atoms. The van der Waals surface area contributed by atoms with Crippen molar-refractivity contribution in [3.63, 3.8) is 0 Å². The number of hydrogen-bond donors (Lipinski definition) is 4. The number of carbonyl (C=O) groups excluding carboxylic acids is 1. The highest BCUT2D eigenvalue weighted by Gasteiger charge is 2.13. The Balaban J connectivity index is 1.73. The molecular weight excluding hydrogens is 230 g/mol. The number of amides is 2. The number of aromatic hydroxyl groups is 1.